The lowest BCUT2D eigenvalue weighted by atomic mass is 9.78. The first-order valence-corrected chi connectivity index (χ1v) is 16.4. The van der Waals surface area contributed by atoms with E-state index < -0.39 is 11.8 Å². The molecule has 1 saturated carbocycles. The molecule has 4 aromatic rings. The molecule has 2 N–H and O–H groups in total. The molecule has 2 atom stereocenters. The van der Waals surface area contributed by atoms with E-state index in [-0.39, 0.29) is 62.7 Å². The van der Waals surface area contributed by atoms with Crippen LogP contribution in [0.15, 0.2) is 60.9 Å². The van der Waals surface area contributed by atoms with E-state index in [1.807, 2.05) is 12.1 Å². The van der Waals surface area contributed by atoms with E-state index in [2.05, 4.69) is 41.0 Å². The number of nitrogens with zero attached hydrogens (tertiary/aromatic N) is 8. The molecule has 0 bridgehead atoms. The largest absolute Gasteiger partial charge is 0.344 e. The smallest absolute Gasteiger partial charge is 0.282 e. The molecule has 16 heteroatoms. The van der Waals surface area contributed by atoms with Gasteiger partial charge in [-0.2, -0.15) is 10.2 Å². The van der Waals surface area contributed by atoms with Crippen LogP contribution in [0.5, 0.6) is 0 Å². The van der Waals surface area contributed by atoms with E-state index in [1.165, 1.54) is 22.2 Å². The minimum atomic E-state index is -2.68. The van der Waals surface area contributed by atoms with Crippen LogP contribution in [0.1, 0.15) is 60.0 Å². The summed E-state index contributed by atoms with van der Waals surface area (Å²) in [5.74, 6) is -4.08. The highest BCUT2D eigenvalue weighted by atomic mass is 19.3. The lowest BCUT2D eigenvalue weighted by Crippen LogP contribution is -2.56. The first-order valence-electron chi connectivity index (χ1n) is 16.4. The lowest BCUT2D eigenvalue weighted by Gasteiger charge is -2.39. The van der Waals surface area contributed by atoms with Crippen LogP contribution in [0.2, 0.25) is 0 Å². The van der Waals surface area contributed by atoms with Gasteiger partial charge in [0.15, 0.2) is 11.6 Å². The predicted octanol–water partition coefficient (Wildman–Crippen LogP) is 4.77. The van der Waals surface area contributed by atoms with Crippen molar-refractivity contribution in [3.05, 3.63) is 83.4 Å². The number of amides is 2. The number of nitrogens with one attached hydrogen (secondary N) is 2. The molecule has 2 amide bonds. The molecule has 6 heterocycles. The summed E-state index contributed by atoms with van der Waals surface area (Å²) in [5, 5.41) is 22.7. The highest BCUT2D eigenvalue weighted by Crippen LogP contribution is 2.40. The molecule has 7 rings (SSSR count). The molecule has 3 fully saturated rings. The second kappa shape index (κ2) is 13.6. The van der Waals surface area contributed by atoms with Crippen LogP contribution < -0.4 is 20.4 Å². The molecule has 2 aliphatic heterocycles. The van der Waals surface area contributed by atoms with Gasteiger partial charge in [0.1, 0.15) is 11.6 Å². The number of pyridine rings is 2. The number of alkyl halides is 4. The molecule has 0 unspecified atom stereocenters. The zero-order valence-electron chi connectivity index (χ0n) is 26.9. The SMILES string of the molecule is O=C(Cc1ccc(N2CC(F)(F)C2)nc1)Nc1ccc([C@H]2CCC[C@H](c3ccc(NC(=O)Cc4ccc(N5CC(F)(F)C5)nc4)nn3)C2)nn1. The van der Waals surface area contributed by atoms with Crippen molar-refractivity contribution in [3.63, 3.8) is 0 Å². The van der Waals surface area contributed by atoms with Gasteiger partial charge in [0, 0.05) is 24.2 Å². The Morgan fingerprint density at radius 1 is 0.640 bits per heavy atom. The molecule has 50 heavy (non-hydrogen) atoms. The summed E-state index contributed by atoms with van der Waals surface area (Å²) < 4.78 is 52.5. The van der Waals surface area contributed by atoms with Crippen LogP contribution in [-0.2, 0) is 22.4 Å². The number of hydrogen-bond acceptors (Lipinski definition) is 10. The van der Waals surface area contributed by atoms with Crippen molar-refractivity contribution in [2.24, 2.45) is 0 Å². The van der Waals surface area contributed by atoms with Crippen molar-refractivity contribution in [3.8, 4) is 0 Å². The molecular formula is C34H34F4N10O2. The average molecular weight is 691 g/mol. The minimum Gasteiger partial charge on any atom is -0.344 e. The van der Waals surface area contributed by atoms with Crippen LogP contribution in [0.25, 0.3) is 0 Å². The zero-order chi connectivity index (χ0) is 34.9. The van der Waals surface area contributed by atoms with E-state index >= 15 is 0 Å². The molecular weight excluding hydrogens is 656 g/mol. The summed E-state index contributed by atoms with van der Waals surface area (Å²) in [6.07, 6.45) is 6.79. The predicted molar refractivity (Wildman–Crippen MR) is 175 cm³/mol. The number of anilines is 4. The Morgan fingerprint density at radius 2 is 1.08 bits per heavy atom. The summed E-state index contributed by atoms with van der Waals surface area (Å²) in [6, 6.07) is 13.9. The van der Waals surface area contributed by atoms with E-state index in [0.29, 0.717) is 34.4 Å². The molecule has 1 aliphatic carbocycles. The monoisotopic (exact) mass is 690 g/mol. The van der Waals surface area contributed by atoms with E-state index in [4.69, 9.17) is 0 Å². The second-order valence-electron chi connectivity index (χ2n) is 13.2. The van der Waals surface area contributed by atoms with Crippen LogP contribution in [0, 0.1) is 0 Å². The van der Waals surface area contributed by atoms with Gasteiger partial charge < -0.3 is 20.4 Å². The minimum absolute atomic E-state index is 0.0539. The van der Waals surface area contributed by atoms with Gasteiger partial charge in [0.05, 0.1) is 50.4 Å². The van der Waals surface area contributed by atoms with Gasteiger partial charge in [0.2, 0.25) is 11.8 Å². The van der Waals surface area contributed by atoms with Crippen molar-refractivity contribution in [1.29, 1.82) is 0 Å². The summed E-state index contributed by atoms with van der Waals surface area (Å²) >= 11 is 0. The summed E-state index contributed by atoms with van der Waals surface area (Å²) in [5.41, 5.74) is 2.95. The number of rotatable bonds is 10. The van der Waals surface area contributed by atoms with E-state index in [0.717, 1.165) is 37.1 Å². The zero-order valence-corrected chi connectivity index (χ0v) is 26.9. The van der Waals surface area contributed by atoms with Crippen molar-refractivity contribution in [1.82, 2.24) is 30.4 Å². The van der Waals surface area contributed by atoms with Gasteiger partial charge >= 0.3 is 0 Å². The maximum absolute atomic E-state index is 13.1. The Morgan fingerprint density at radius 3 is 1.42 bits per heavy atom. The van der Waals surface area contributed by atoms with Crippen molar-refractivity contribution >= 4 is 35.1 Å². The van der Waals surface area contributed by atoms with Gasteiger partial charge in [-0.1, -0.05) is 18.6 Å². The number of hydrogen-bond donors (Lipinski definition) is 2. The van der Waals surface area contributed by atoms with Crippen molar-refractivity contribution in [2.75, 3.05) is 46.6 Å². The first kappa shape index (κ1) is 33.2. The fourth-order valence-electron chi connectivity index (χ4n) is 6.49. The molecule has 0 aromatic carbocycles. The van der Waals surface area contributed by atoms with Gasteiger partial charge in [-0.25, -0.2) is 27.5 Å². The topological polar surface area (TPSA) is 142 Å². The third kappa shape index (κ3) is 7.95. The molecule has 2 saturated heterocycles. The quantitative estimate of drug-likeness (QED) is 0.224. The normalized spacial score (nSPS) is 20.7. The van der Waals surface area contributed by atoms with Crippen LogP contribution in [0.4, 0.5) is 40.8 Å². The molecule has 260 valence electrons. The fourth-order valence-corrected chi connectivity index (χ4v) is 6.49. The average Bonchev–Trinajstić information content (AvgIpc) is 3.07. The summed E-state index contributed by atoms with van der Waals surface area (Å²) in [6.45, 7) is -1.42. The molecule has 0 spiro atoms. The van der Waals surface area contributed by atoms with E-state index in [9.17, 15) is 27.2 Å². The molecule has 4 aromatic heterocycles. The van der Waals surface area contributed by atoms with Crippen LogP contribution in [-0.4, -0.2) is 80.2 Å². The van der Waals surface area contributed by atoms with Crippen LogP contribution in [0.3, 0.4) is 0 Å². The standard InChI is InChI=1S/C34H34F4N10O2/c35-33(36)17-47(18-33)29-10-4-21(15-39-29)12-31(49)41-27-8-6-25(43-45-27)23-2-1-3-24(14-23)26-7-9-28(46-44-26)42-32(50)13-22-5-11-30(40-16-22)48-19-34(37,38)20-48/h4-11,15-16,23-24H,1-3,12-14,17-20H2,(H,41,45,49)(H,42,46,50)/t23-,24-/m0/s1. The second-order valence-corrected chi connectivity index (χ2v) is 13.2. The highest BCUT2D eigenvalue weighted by Gasteiger charge is 2.45. The van der Waals surface area contributed by atoms with Crippen molar-refractivity contribution in [2.45, 2.75) is 62.2 Å². The lowest BCUT2D eigenvalue weighted by molar-refractivity contribution is -0.116. The first-order chi connectivity index (χ1) is 24.0. The van der Waals surface area contributed by atoms with Crippen LogP contribution >= 0.6 is 0 Å². The maximum Gasteiger partial charge on any atom is 0.282 e. The van der Waals surface area contributed by atoms with Gasteiger partial charge in [-0.3, -0.25) is 9.59 Å². The maximum atomic E-state index is 13.1. The molecule has 0 radical (unpaired) electrons. The summed E-state index contributed by atoms with van der Waals surface area (Å²) in [7, 11) is 0. The third-order valence-electron chi connectivity index (χ3n) is 9.10. The van der Waals surface area contributed by atoms with Gasteiger partial charge in [-0.15, -0.1) is 10.2 Å². The molecule has 12 nitrogen and oxygen atoms in total. The Bertz CT molecular complexity index is 1680. The number of aromatic nitrogens is 6. The Labute approximate surface area is 284 Å². The van der Waals surface area contributed by atoms with Crippen molar-refractivity contribution < 1.29 is 27.2 Å². The summed E-state index contributed by atoms with van der Waals surface area (Å²) in [4.78, 5) is 36.5. The number of carbonyl (C=O) groups excluding carboxylic acids is 2. The number of halogens is 4. The van der Waals surface area contributed by atoms with E-state index in [1.54, 1.807) is 36.4 Å². The third-order valence-corrected chi connectivity index (χ3v) is 9.10. The van der Waals surface area contributed by atoms with Gasteiger partial charge in [0.25, 0.3) is 11.8 Å². The Balaban J connectivity index is 0.866. The number of carbonyl (C=O) groups is 2. The highest BCUT2D eigenvalue weighted by molar-refractivity contribution is 5.91. The molecule has 3 aliphatic rings. The fraction of sp³-hybridized carbons (Fsp3) is 0.412. The Kier molecular flexibility index (Phi) is 9.01. The van der Waals surface area contributed by atoms with Gasteiger partial charge in [-0.05, 0) is 66.8 Å². The Hall–Kier alpha value is -5.28.